The van der Waals surface area contributed by atoms with Gasteiger partial charge in [0.2, 0.25) is 5.60 Å². The van der Waals surface area contributed by atoms with Gasteiger partial charge in [-0.15, -0.1) is 11.3 Å². The molecule has 1 aromatic heterocycles. The topological polar surface area (TPSA) is 46.5 Å². The minimum Gasteiger partial charge on any atom is -0.466 e. The number of methoxy groups -OCH3 is 1. The zero-order chi connectivity index (χ0) is 12.3. The van der Waals surface area contributed by atoms with E-state index in [9.17, 15) is 9.90 Å². The maximum absolute atomic E-state index is 11.9. The molecule has 0 radical (unpaired) electrons. The van der Waals surface area contributed by atoms with Crippen LogP contribution in [-0.2, 0) is 15.1 Å². The zero-order valence-electron chi connectivity index (χ0n) is 9.29. The summed E-state index contributed by atoms with van der Waals surface area (Å²) in [7, 11) is 1.27. The molecule has 17 heavy (non-hydrogen) atoms. The Morgan fingerprint density at radius 1 is 1.24 bits per heavy atom. The minimum absolute atomic E-state index is 0.509. The molecule has 0 amide bonds. The highest BCUT2D eigenvalue weighted by molar-refractivity contribution is 7.10. The molecule has 0 saturated heterocycles. The van der Waals surface area contributed by atoms with Gasteiger partial charge in [-0.3, -0.25) is 0 Å². The summed E-state index contributed by atoms with van der Waals surface area (Å²) in [6.45, 7) is 0. The first-order chi connectivity index (χ1) is 8.19. The van der Waals surface area contributed by atoms with Crippen molar-refractivity contribution in [3.05, 3.63) is 58.3 Å². The summed E-state index contributed by atoms with van der Waals surface area (Å²) in [5.74, 6) is -0.675. The van der Waals surface area contributed by atoms with Crippen molar-refractivity contribution in [1.29, 1.82) is 0 Å². The van der Waals surface area contributed by atoms with Gasteiger partial charge in [-0.2, -0.15) is 0 Å². The molecule has 0 aliphatic rings. The fraction of sp³-hybridized carbons (Fsp3) is 0.154. The molecule has 88 valence electrons. The van der Waals surface area contributed by atoms with Gasteiger partial charge in [0.1, 0.15) is 0 Å². The van der Waals surface area contributed by atoms with Gasteiger partial charge in [0.25, 0.3) is 0 Å². The van der Waals surface area contributed by atoms with Crippen LogP contribution in [0.4, 0.5) is 0 Å². The van der Waals surface area contributed by atoms with E-state index in [1.54, 1.807) is 36.4 Å². The third-order valence-corrected chi connectivity index (χ3v) is 3.53. The highest BCUT2D eigenvalue weighted by Crippen LogP contribution is 2.33. The summed E-state index contributed by atoms with van der Waals surface area (Å²) in [6.07, 6.45) is 0. The number of esters is 1. The fourth-order valence-corrected chi connectivity index (χ4v) is 2.50. The molecule has 0 bridgehead atoms. The SMILES string of the molecule is COC(=O)[C@](O)(c1ccccc1)c1cccs1. The number of benzene rings is 1. The lowest BCUT2D eigenvalue weighted by Gasteiger charge is -2.24. The van der Waals surface area contributed by atoms with Crippen LogP contribution in [0.2, 0.25) is 0 Å². The molecule has 2 aromatic rings. The molecule has 0 spiro atoms. The van der Waals surface area contributed by atoms with E-state index in [1.165, 1.54) is 18.4 Å². The van der Waals surface area contributed by atoms with Gasteiger partial charge in [-0.05, 0) is 11.4 Å². The quantitative estimate of drug-likeness (QED) is 0.847. The summed E-state index contributed by atoms with van der Waals surface area (Å²) in [4.78, 5) is 12.4. The van der Waals surface area contributed by atoms with Gasteiger partial charge in [0.15, 0.2) is 0 Å². The Hall–Kier alpha value is -1.65. The second-order valence-electron chi connectivity index (χ2n) is 3.55. The van der Waals surface area contributed by atoms with E-state index >= 15 is 0 Å². The predicted octanol–water partition coefficient (Wildman–Crippen LogP) is 2.16. The molecule has 1 atom stereocenters. The summed E-state index contributed by atoms with van der Waals surface area (Å²) >= 11 is 1.32. The molecule has 2 rings (SSSR count). The molecule has 0 aliphatic carbocycles. The summed E-state index contributed by atoms with van der Waals surface area (Å²) in [5, 5.41) is 12.5. The first-order valence-corrected chi connectivity index (χ1v) is 5.98. The normalized spacial score (nSPS) is 14.0. The molecule has 0 saturated carbocycles. The van der Waals surface area contributed by atoms with Crippen LogP contribution < -0.4 is 0 Å². The molecular formula is C13H12O3S. The van der Waals surface area contributed by atoms with Crippen molar-refractivity contribution in [1.82, 2.24) is 0 Å². The van der Waals surface area contributed by atoms with Gasteiger partial charge in [-0.25, -0.2) is 4.79 Å². The smallest absolute Gasteiger partial charge is 0.348 e. The van der Waals surface area contributed by atoms with E-state index in [2.05, 4.69) is 0 Å². The number of hydrogen-bond donors (Lipinski definition) is 1. The number of hydrogen-bond acceptors (Lipinski definition) is 4. The summed E-state index contributed by atoms with van der Waals surface area (Å²) in [6, 6.07) is 12.3. The Morgan fingerprint density at radius 3 is 2.47 bits per heavy atom. The average molecular weight is 248 g/mol. The van der Waals surface area contributed by atoms with Crippen molar-refractivity contribution in [2.24, 2.45) is 0 Å². The lowest BCUT2D eigenvalue weighted by molar-refractivity contribution is -0.158. The summed E-state index contributed by atoms with van der Waals surface area (Å²) < 4.78 is 4.71. The van der Waals surface area contributed by atoms with Gasteiger partial charge in [0.05, 0.1) is 12.0 Å². The van der Waals surface area contributed by atoms with E-state index in [0.717, 1.165) is 0 Å². The standard InChI is InChI=1S/C13H12O3S/c1-16-12(14)13(15,11-8-5-9-17-11)10-6-3-2-4-7-10/h2-9,15H,1H3/t13-/m0/s1. The van der Waals surface area contributed by atoms with Crippen LogP contribution in [0, 0.1) is 0 Å². The zero-order valence-corrected chi connectivity index (χ0v) is 10.1. The van der Waals surface area contributed by atoms with E-state index in [0.29, 0.717) is 10.4 Å². The van der Waals surface area contributed by atoms with Gasteiger partial charge in [0, 0.05) is 5.56 Å². The van der Waals surface area contributed by atoms with E-state index in [-0.39, 0.29) is 0 Å². The van der Waals surface area contributed by atoms with Crippen LogP contribution in [0.5, 0.6) is 0 Å². The van der Waals surface area contributed by atoms with Crippen LogP contribution in [0.1, 0.15) is 10.4 Å². The Labute approximate surface area is 103 Å². The Morgan fingerprint density at radius 2 is 1.94 bits per heavy atom. The van der Waals surface area contributed by atoms with Crippen molar-refractivity contribution in [2.45, 2.75) is 5.60 Å². The molecule has 0 fully saturated rings. The van der Waals surface area contributed by atoms with Crippen molar-refractivity contribution in [3.8, 4) is 0 Å². The monoisotopic (exact) mass is 248 g/mol. The molecular weight excluding hydrogens is 236 g/mol. The Kier molecular flexibility index (Phi) is 3.26. The first kappa shape index (κ1) is 11.8. The molecule has 1 N–H and O–H groups in total. The highest BCUT2D eigenvalue weighted by Gasteiger charge is 2.42. The molecule has 4 heteroatoms. The minimum atomic E-state index is -1.72. The number of carbonyl (C=O) groups excluding carboxylic acids is 1. The van der Waals surface area contributed by atoms with Gasteiger partial charge >= 0.3 is 5.97 Å². The second-order valence-corrected chi connectivity index (χ2v) is 4.49. The van der Waals surface area contributed by atoms with E-state index in [1.807, 2.05) is 11.4 Å². The first-order valence-electron chi connectivity index (χ1n) is 5.10. The third-order valence-electron chi connectivity index (χ3n) is 2.55. The molecule has 1 heterocycles. The number of ether oxygens (including phenoxy) is 1. The number of rotatable bonds is 3. The highest BCUT2D eigenvalue weighted by atomic mass is 32.1. The largest absolute Gasteiger partial charge is 0.466 e. The second kappa shape index (κ2) is 4.69. The fourth-order valence-electron chi connectivity index (χ4n) is 1.67. The number of carbonyl (C=O) groups is 1. The average Bonchev–Trinajstić information content (AvgIpc) is 2.92. The van der Waals surface area contributed by atoms with E-state index in [4.69, 9.17) is 4.74 Å². The Balaban J connectivity index is 2.56. The van der Waals surface area contributed by atoms with Gasteiger partial charge in [-0.1, -0.05) is 36.4 Å². The molecule has 1 aromatic carbocycles. The van der Waals surface area contributed by atoms with Crippen LogP contribution >= 0.6 is 11.3 Å². The van der Waals surface area contributed by atoms with Crippen molar-refractivity contribution in [3.63, 3.8) is 0 Å². The van der Waals surface area contributed by atoms with Crippen LogP contribution in [-0.4, -0.2) is 18.2 Å². The summed E-state index contributed by atoms with van der Waals surface area (Å²) in [5.41, 5.74) is -1.21. The van der Waals surface area contributed by atoms with Crippen LogP contribution in [0.25, 0.3) is 0 Å². The van der Waals surface area contributed by atoms with Crippen LogP contribution in [0.15, 0.2) is 47.8 Å². The van der Waals surface area contributed by atoms with Crippen molar-refractivity contribution in [2.75, 3.05) is 7.11 Å². The third kappa shape index (κ3) is 1.97. The molecule has 0 unspecified atom stereocenters. The predicted molar refractivity (Wildman–Crippen MR) is 65.8 cm³/mol. The van der Waals surface area contributed by atoms with Gasteiger partial charge < -0.3 is 9.84 Å². The lowest BCUT2D eigenvalue weighted by Crippen LogP contribution is -2.37. The lowest BCUT2D eigenvalue weighted by atomic mass is 9.92. The number of aliphatic hydroxyl groups is 1. The van der Waals surface area contributed by atoms with E-state index < -0.39 is 11.6 Å². The number of thiophene rings is 1. The van der Waals surface area contributed by atoms with Crippen LogP contribution in [0.3, 0.4) is 0 Å². The molecule has 0 aliphatic heterocycles. The Bertz CT molecular complexity index is 493. The maximum atomic E-state index is 11.9. The maximum Gasteiger partial charge on any atom is 0.348 e. The van der Waals surface area contributed by atoms with Crippen molar-refractivity contribution < 1.29 is 14.6 Å². The molecule has 3 nitrogen and oxygen atoms in total. The van der Waals surface area contributed by atoms with Crippen molar-refractivity contribution >= 4 is 17.3 Å².